The van der Waals surface area contributed by atoms with E-state index in [1.807, 2.05) is 6.07 Å². The van der Waals surface area contributed by atoms with Gasteiger partial charge in [-0.05, 0) is 30.7 Å². The van der Waals surface area contributed by atoms with Gasteiger partial charge >= 0.3 is 11.9 Å². The lowest BCUT2D eigenvalue weighted by atomic mass is 10.2. The smallest absolute Gasteiger partial charge is 0.341 e. The van der Waals surface area contributed by atoms with Crippen molar-refractivity contribution in [1.29, 1.82) is 0 Å². The molecule has 0 unspecified atom stereocenters. The van der Waals surface area contributed by atoms with Crippen LogP contribution in [0, 0.1) is 0 Å². The normalized spacial score (nSPS) is 10.1. The lowest BCUT2D eigenvalue weighted by Gasteiger charge is -2.07. The second-order valence-corrected chi connectivity index (χ2v) is 4.00. The third-order valence-corrected chi connectivity index (χ3v) is 2.33. The number of carboxylic acids is 2. The van der Waals surface area contributed by atoms with E-state index in [1.54, 1.807) is 18.2 Å². The van der Waals surface area contributed by atoms with Gasteiger partial charge in [-0.1, -0.05) is 12.1 Å². The first-order chi connectivity index (χ1) is 9.08. The molecule has 0 radical (unpaired) electrons. The minimum absolute atomic E-state index is 0.148. The van der Waals surface area contributed by atoms with Crippen molar-refractivity contribution in [2.75, 3.05) is 13.2 Å². The molecule has 0 fully saturated rings. The molecule has 104 valence electrons. The molecule has 0 aliphatic carbocycles. The number of ether oxygens (including phenoxy) is 1. The molecule has 0 amide bonds. The van der Waals surface area contributed by atoms with Gasteiger partial charge in [0.25, 0.3) is 0 Å². The van der Waals surface area contributed by atoms with E-state index in [9.17, 15) is 9.59 Å². The van der Waals surface area contributed by atoms with E-state index >= 15 is 0 Å². The molecule has 0 heterocycles. The van der Waals surface area contributed by atoms with Gasteiger partial charge in [-0.15, -0.1) is 0 Å². The number of carbonyl (C=O) groups is 2. The SMILES string of the molecule is O=C(O)CCCNCc1cccc(OCC(=O)O)c1. The number of aliphatic carboxylic acids is 2. The summed E-state index contributed by atoms with van der Waals surface area (Å²) in [6.07, 6.45) is 0.722. The molecular formula is C13H17NO5. The van der Waals surface area contributed by atoms with Crippen LogP contribution in [0.25, 0.3) is 0 Å². The topological polar surface area (TPSA) is 95.9 Å². The Balaban J connectivity index is 2.31. The number of hydrogen-bond donors (Lipinski definition) is 3. The van der Waals surface area contributed by atoms with Crippen molar-refractivity contribution in [1.82, 2.24) is 5.32 Å². The summed E-state index contributed by atoms with van der Waals surface area (Å²) in [7, 11) is 0. The highest BCUT2D eigenvalue weighted by molar-refractivity contribution is 5.68. The van der Waals surface area contributed by atoms with Crippen molar-refractivity contribution in [3.05, 3.63) is 29.8 Å². The van der Waals surface area contributed by atoms with E-state index in [-0.39, 0.29) is 13.0 Å². The molecule has 1 aromatic carbocycles. The van der Waals surface area contributed by atoms with Gasteiger partial charge in [0.15, 0.2) is 6.61 Å². The molecule has 19 heavy (non-hydrogen) atoms. The maximum absolute atomic E-state index is 10.4. The van der Waals surface area contributed by atoms with Crippen molar-refractivity contribution in [3.63, 3.8) is 0 Å². The quantitative estimate of drug-likeness (QED) is 0.580. The van der Waals surface area contributed by atoms with E-state index in [1.165, 1.54) is 0 Å². The summed E-state index contributed by atoms with van der Waals surface area (Å²) in [4.78, 5) is 20.7. The van der Waals surface area contributed by atoms with E-state index in [2.05, 4.69) is 5.32 Å². The third-order valence-electron chi connectivity index (χ3n) is 2.33. The number of nitrogens with one attached hydrogen (secondary N) is 1. The van der Waals surface area contributed by atoms with E-state index < -0.39 is 11.9 Å². The molecule has 0 saturated heterocycles. The number of benzene rings is 1. The van der Waals surface area contributed by atoms with E-state index in [4.69, 9.17) is 14.9 Å². The van der Waals surface area contributed by atoms with Crippen molar-refractivity contribution in [2.24, 2.45) is 0 Å². The molecule has 6 heteroatoms. The zero-order valence-corrected chi connectivity index (χ0v) is 10.5. The zero-order chi connectivity index (χ0) is 14.1. The summed E-state index contributed by atoms with van der Waals surface area (Å²) >= 11 is 0. The molecule has 3 N–H and O–H groups in total. The Morgan fingerprint density at radius 1 is 1.21 bits per heavy atom. The van der Waals surface area contributed by atoms with Crippen LogP contribution in [0.15, 0.2) is 24.3 Å². The first-order valence-corrected chi connectivity index (χ1v) is 5.94. The number of carboxylic acid groups (broad SMARTS) is 2. The predicted octanol–water partition coefficient (Wildman–Crippen LogP) is 1.10. The van der Waals surface area contributed by atoms with Gasteiger partial charge in [-0.3, -0.25) is 4.79 Å². The molecule has 0 spiro atoms. The Hall–Kier alpha value is -2.08. The number of rotatable bonds is 9. The Kier molecular flexibility index (Phi) is 6.38. The molecule has 0 atom stereocenters. The van der Waals surface area contributed by atoms with Crippen molar-refractivity contribution >= 4 is 11.9 Å². The van der Waals surface area contributed by atoms with E-state index in [0.717, 1.165) is 5.56 Å². The summed E-state index contributed by atoms with van der Waals surface area (Å²) in [5.41, 5.74) is 0.957. The number of hydrogen-bond acceptors (Lipinski definition) is 4. The molecular weight excluding hydrogens is 250 g/mol. The third kappa shape index (κ3) is 7.05. The van der Waals surface area contributed by atoms with Gasteiger partial charge in [0.2, 0.25) is 0 Å². The minimum Gasteiger partial charge on any atom is -0.482 e. The van der Waals surface area contributed by atoms with Gasteiger partial charge in [-0.2, -0.15) is 0 Å². The lowest BCUT2D eigenvalue weighted by Crippen LogP contribution is -2.16. The summed E-state index contributed by atoms with van der Waals surface area (Å²) in [5, 5.41) is 20.1. The van der Waals surface area contributed by atoms with Crippen LogP contribution < -0.4 is 10.1 Å². The highest BCUT2D eigenvalue weighted by Gasteiger charge is 2.01. The molecule has 6 nitrogen and oxygen atoms in total. The first-order valence-electron chi connectivity index (χ1n) is 5.94. The Bertz CT molecular complexity index is 433. The minimum atomic E-state index is -1.02. The van der Waals surface area contributed by atoms with Crippen LogP contribution in [0.1, 0.15) is 18.4 Å². The fourth-order valence-corrected chi connectivity index (χ4v) is 1.49. The van der Waals surface area contributed by atoms with Gasteiger partial charge in [0.05, 0.1) is 0 Å². The van der Waals surface area contributed by atoms with Gasteiger partial charge in [0, 0.05) is 13.0 Å². The average Bonchev–Trinajstić information content (AvgIpc) is 2.36. The van der Waals surface area contributed by atoms with Gasteiger partial charge in [-0.25, -0.2) is 4.79 Å². The first kappa shape index (κ1) is 15.0. The predicted molar refractivity (Wildman–Crippen MR) is 68.1 cm³/mol. The van der Waals surface area contributed by atoms with Crippen molar-refractivity contribution in [2.45, 2.75) is 19.4 Å². The second kappa shape index (κ2) is 8.10. The molecule has 0 aliphatic rings. The molecule has 0 bridgehead atoms. The van der Waals surface area contributed by atoms with Gasteiger partial charge in [0.1, 0.15) is 5.75 Å². The van der Waals surface area contributed by atoms with Crippen LogP contribution >= 0.6 is 0 Å². The van der Waals surface area contributed by atoms with Crippen molar-refractivity contribution in [3.8, 4) is 5.75 Å². The summed E-state index contributed by atoms with van der Waals surface area (Å²) in [5.74, 6) is -1.31. The standard InChI is InChI=1S/C13H17NO5/c15-12(16)5-2-6-14-8-10-3-1-4-11(7-10)19-9-13(17)18/h1,3-4,7,14H,2,5-6,8-9H2,(H,15,16)(H,17,18). The second-order valence-electron chi connectivity index (χ2n) is 4.00. The van der Waals surface area contributed by atoms with Crippen LogP contribution in [-0.4, -0.2) is 35.3 Å². The average molecular weight is 267 g/mol. The molecule has 0 aliphatic heterocycles. The molecule has 0 aromatic heterocycles. The lowest BCUT2D eigenvalue weighted by molar-refractivity contribution is -0.139. The Morgan fingerprint density at radius 3 is 2.68 bits per heavy atom. The molecule has 0 saturated carbocycles. The van der Waals surface area contributed by atoms with Gasteiger partial charge < -0.3 is 20.3 Å². The van der Waals surface area contributed by atoms with Crippen LogP contribution in [0.5, 0.6) is 5.75 Å². The summed E-state index contributed by atoms with van der Waals surface area (Å²) < 4.78 is 5.06. The highest BCUT2D eigenvalue weighted by Crippen LogP contribution is 2.13. The monoisotopic (exact) mass is 267 g/mol. The Morgan fingerprint density at radius 2 is 2.00 bits per heavy atom. The molecule has 1 rings (SSSR count). The van der Waals surface area contributed by atoms with Crippen molar-refractivity contribution < 1.29 is 24.5 Å². The fourth-order valence-electron chi connectivity index (χ4n) is 1.49. The maximum atomic E-state index is 10.4. The molecule has 1 aromatic rings. The van der Waals surface area contributed by atoms with Crippen LogP contribution in [0.2, 0.25) is 0 Å². The zero-order valence-electron chi connectivity index (χ0n) is 10.5. The van der Waals surface area contributed by atoms with Crippen LogP contribution in [-0.2, 0) is 16.1 Å². The maximum Gasteiger partial charge on any atom is 0.341 e. The summed E-state index contributed by atoms with van der Waals surface area (Å²) in [6, 6.07) is 7.12. The summed E-state index contributed by atoms with van der Waals surface area (Å²) in [6.45, 7) is 0.839. The largest absolute Gasteiger partial charge is 0.482 e. The van der Waals surface area contributed by atoms with E-state index in [0.29, 0.717) is 25.3 Å². The van der Waals surface area contributed by atoms with Crippen LogP contribution in [0.4, 0.5) is 0 Å². The fraction of sp³-hybridized carbons (Fsp3) is 0.385. The van der Waals surface area contributed by atoms with Crippen LogP contribution in [0.3, 0.4) is 0 Å². The Labute approximate surface area is 111 Å². The highest BCUT2D eigenvalue weighted by atomic mass is 16.5.